The summed E-state index contributed by atoms with van der Waals surface area (Å²) in [5, 5.41) is 23.9. The van der Waals surface area contributed by atoms with Gasteiger partial charge in [0.05, 0.1) is 5.56 Å². The van der Waals surface area contributed by atoms with Gasteiger partial charge in [-0.1, -0.05) is 0 Å². The van der Waals surface area contributed by atoms with Gasteiger partial charge in [0.15, 0.2) is 0 Å². The normalized spacial score (nSPS) is 9.78. The molecule has 1 rings (SSSR count). The van der Waals surface area contributed by atoms with Gasteiger partial charge >= 0.3 is 18.0 Å². The molecule has 0 bridgehead atoms. The average molecular weight is 272 g/mol. The summed E-state index contributed by atoms with van der Waals surface area (Å²) in [5.74, 6) is -2.04. The van der Waals surface area contributed by atoms with E-state index < -0.39 is 18.0 Å². The van der Waals surface area contributed by atoms with Crippen molar-refractivity contribution in [2.45, 2.75) is 12.8 Å². The van der Waals surface area contributed by atoms with E-state index in [1.165, 1.54) is 6.07 Å². The third-order valence-electron chi connectivity index (χ3n) is 1.98. The lowest BCUT2D eigenvalue weighted by atomic mass is 10.3. The van der Waals surface area contributed by atoms with Crippen molar-refractivity contribution in [1.29, 1.82) is 0 Å². The van der Waals surface area contributed by atoms with E-state index in [-0.39, 0.29) is 23.5 Å². The van der Waals surface area contributed by atoms with E-state index in [0.29, 0.717) is 6.42 Å². The van der Waals surface area contributed by atoms with Crippen molar-refractivity contribution < 1.29 is 24.6 Å². The number of aliphatic carboxylic acids is 1. The Morgan fingerprint density at radius 2 is 2.00 bits per heavy atom. The van der Waals surface area contributed by atoms with Crippen LogP contribution in [-0.2, 0) is 4.79 Å². The van der Waals surface area contributed by atoms with Gasteiger partial charge in [-0.3, -0.25) is 10.1 Å². The number of aromatic carboxylic acids is 1. The number of hydrogen-bond acceptors (Lipinski definition) is 4. The third kappa shape index (κ3) is 4.42. The van der Waals surface area contributed by atoms with Crippen molar-refractivity contribution in [3.05, 3.63) is 17.0 Å². The van der Waals surface area contributed by atoms with Crippen LogP contribution in [0, 0.1) is 0 Å². The highest BCUT2D eigenvalue weighted by molar-refractivity contribution is 7.14. The van der Waals surface area contributed by atoms with Crippen molar-refractivity contribution in [1.82, 2.24) is 5.32 Å². The van der Waals surface area contributed by atoms with Gasteiger partial charge in [-0.25, -0.2) is 9.59 Å². The molecule has 1 aromatic rings. The van der Waals surface area contributed by atoms with Crippen molar-refractivity contribution in [2.75, 3.05) is 11.9 Å². The van der Waals surface area contributed by atoms with Gasteiger partial charge in [-0.15, -0.1) is 11.3 Å². The fourth-order valence-electron chi connectivity index (χ4n) is 1.16. The molecule has 2 amide bonds. The van der Waals surface area contributed by atoms with Gasteiger partial charge in [0.2, 0.25) is 0 Å². The number of hydrogen-bond donors (Lipinski definition) is 4. The molecule has 1 aromatic heterocycles. The van der Waals surface area contributed by atoms with Crippen LogP contribution >= 0.6 is 11.3 Å². The largest absolute Gasteiger partial charge is 0.481 e. The Hall–Kier alpha value is -2.09. The van der Waals surface area contributed by atoms with E-state index in [9.17, 15) is 14.4 Å². The van der Waals surface area contributed by atoms with Gasteiger partial charge in [0, 0.05) is 13.0 Å². The van der Waals surface area contributed by atoms with Crippen LogP contribution in [0.5, 0.6) is 0 Å². The molecule has 98 valence electrons. The Balaban J connectivity index is 2.38. The van der Waals surface area contributed by atoms with E-state index in [4.69, 9.17) is 10.2 Å². The van der Waals surface area contributed by atoms with Crippen molar-refractivity contribution in [3.8, 4) is 0 Å². The number of thiophene rings is 1. The Kier molecular flexibility index (Phi) is 5.12. The molecule has 4 N–H and O–H groups in total. The molecule has 0 atom stereocenters. The fourth-order valence-corrected chi connectivity index (χ4v) is 1.94. The summed E-state index contributed by atoms with van der Waals surface area (Å²) in [6.45, 7) is 0.214. The first-order valence-electron chi connectivity index (χ1n) is 5.08. The maximum absolute atomic E-state index is 11.4. The Morgan fingerprint density at radius 1 is 1.28 bits per heavy atom. The molecule has 0 aliphatic heterocycles. The molecule has 0 saturated heterocycles. The zero-order chi connectivity index (χ0) is 13.5. The minimum absolute atomic E-state index is 0.0281. The molecule has 0 aliphatic carbocycles. The van der Waals surface area contributed by atoms with Crippen LogP contribution in [0.15, 0.2) is 11.4 Å². The maximum atomic E-state index is 11.4. The summed E-state index contributed by atoms with van der Waals surface area (Å²) in [7, 11) is 0. The molecule has 7 nitrogen and oxygen atoms in total. The first-order valence-corrected chi connectivity index (χ1v) is 5.96. The summed E-state index contributed by atoms with van der Waals surface area (Å²) in [6, 6.07) is 0.845. The predicted molar refractivity (Wildman–Crippen MR) is 65.2 cm³/mol. The van der Waals surface area contributed by atoms with Crippen LogP contribution in [-0.4, -0.2) is 34.7 Å². The zero-order valence-electron chi connectivity index (χ0n) is 9.30. The molecule has 8 heteroatoms. The molecule has 0 saturated carbocycles. The number of anilines is 1. The molecule has 0 aliphatic rings. The molecule has 0 aromatic carbocycles. The third-order valence-corrected chi connectivity index (χ3v) is 2.81. The molecular weight excluding hydrogens is 260 g/mol. The fraction of sp³-hybridized carbons (Fsp3) is 0.300. The summed E-state index contributed by atoms with van der Waals surface area (Å²) in [4.78, 5) is 32.4. The van der Waals surface area contributed by atoms with Crippen LogP contribution in [0.2, 0.25) is 0 Å². The van der Waals surface area contributed by atoms with Crippen LogP contribution in [0.1, 0.15) is 23.2 Å². The molecule has 1 heterocycles. The Morgan fingerprint density at radius 3 is 2.61 bits per heavy atom. The molecule has 0 radical (unpaired) electrons. The van der Waals surface area contributed by atoms with Gasteiger partial charge in [0.1, 0.15) is 5.00 Å². The summed E-state index contributed by atoms with van der Waals surface area (Å²) in [5.41, 5.74) is 0.0284. The minimum atomic E-state index is -1.11. The number of carbonyl (C=O) groups excluding carboxylic acids is 1. The standard InChI is InChI=1S/C10H12N2O5S/c13-7(14)2-1-4-11-10(17)12-8-6(9(15)16)3-5-18-8/h3,5H,1-2,4H2,(H,13,14)(H,15,16)(H2,11,12,17). The topological polar surface area (TPSA) is 116 Å². The van der Waals surface area contributed by atoms with E-state index in [1.54, 1.807) is 5.38 Å². The van der Waals surface area contributed by atoms with Crippen LogP contribution < -0.4 is 10.6 Å². The van der Waals surface area contributed by atoms with Crippen molar-refractivity contribution in [3.63, 3.8) is 0 Å². The molecule has 0 unspecified atom stereocenters. The van der Waals surface area contributed by atoms with Crippen LogP contribution in [0.4, 0.5) is 9.80 Å². The number of carboxylic acids is 2. The van der Waals surface area contributed by atoms with Gasteiger partial charge in [0.25, 0.3) is 0 Å². The lowest BCUT2D eigenvalue weighted by molar-refractivity contribution is -0.137. The highest BCUT2D eigenvalue weighted by atomic mass is 32.1. The molecule has 0 spiro atoms. The number of carbonyl (C=O) groups is 3. The number of nitrogens with one attached hydrogen (secondary N) is 2. The first kappa shape index (κ1) is 14.0. The van der Waals surface area contributed by atoms with E-state index in [0.717, 1.165) is 11.3 Å². The van der Waals surface area contributed by atoms with Gasteiger partial charge in [-0.2, -0.15) is 0 Å². The minimum Gasteiger partial charge on any atom is -0.481 e. The number of carboxylic acid groups (broad SMARTS) is 2. The maximum Gasteiger partial charge on any atom is 0.338 e. The van der Waals surface area contributed by atoms with E-state index >= 15 is 0 Å². The zero-order valence-corrected chi connectivity index (χ0v) is 10.1. The molecule has 0 fully saturated rings. The number of urea groups is 1. The van der Waals surface area contributed by atoms with Crippen molar-refractivity contribution in [2.24, 2.45) is 0 Å². The number of rotatable bonds is 6. The van der Waals surface area contributed by atoms with Crippen LogP contribution in [0.3, 0.4) is 0 Å². The monoisotopic (exact) mass is 272 g/mol. The van der Waals surface area contributed by atoms with Crippen molar-refractivity contribution >= 4 is 34.3 Å². The Labute approximate surface area is 106 Å². The first-order chi connectivity index (χ1) is 8.50. The lowest BCUT2D eigenvalue weighted by Gasteiger charge is -2.05. The smallest absolute Gasteiger partial charge is 0.338 e. The lowest BCUT2D eigenvalue weighted by Crippen LogP contribution is -2.30. The molecular formula is C10H12N2O5S. The predicted octanol–water partition coefficient (Wildman–Crippen LogP) is 1.43. The van der Waals surface area contributed by atoms with E-state index in [2.05, 4.69) is 10.6 Å². The Bertz CT molecular complexity index is 457. The van der Waals surface area contributed by atoms with E-state index in [1.807, 2.05) is 0 Å². The summed E-state index contributed by atoms with van der Waals surface area (Å²) in [6.07, 6.45) is 0.290. The quantitative estimate of drug-likeness (QED) is 0.585. The summed E-state index contributed by atoms with van der Waals surface area (Å²) >= 11 is 1.10. The highest BCUT2D eigenvalue weighted by Crippen LogP contribution is 2.22. The second-order valence-electron chi connectivity index (χ2n) is 3.35. The molecule has 18 heavy (non-hydrogen) atoms. The second-order valence-corrected chi connectivity index (χ2v) is 4.26. The highest BCUT2D eigenvalue weighted by Gasteiger charge is 2.13. The number of amides is 2. The van der Waals surface area contributed by atoms with Crippen LogP contribution in [0.25, 0.3) is 0 Å². The van der Waals surface area contributed by atoms with Gasteiger partial charge in [-0.05, 0) is 17.9 Å². The summed E-state index contributed by atoms with van der Waals surface area (Å²) < 4.78 is 0. The van der Waals surface area contributed by atoms with Gasteiger partial charge < -0.3 is 15.5 Å². The average Bonchev–Trinajstić information content (AvgIpc) is 2.72. The second kappa shape index (κ2) is 6.60. The SMILES string of the molecule is O=C(O)CCCNC(=O)Nc1sccc1C(=O)O.